The Labute approximate surface area is 122 Å². The number of nitrogens with one attached hydrogen (secondary N) is 1. The maximum absolute atomic E-state index is 11.7. The fourth-order valence-electron chi connectivity index (χ4n) is 1.58. The molecule has 106 valence electrons. The van der Waals surface area contributed by atoms with E-state index in [9.17, 15) is 9.90 Å². The van der Waals surface area contributed by atoms with Gasteiger partial charge in [0.25, 0.3) is 0 Å². The number of amides is 1. The largest absolute Gasteiger partial charge is 0.496 e. The van der Waals surface area contributed by atoms with Gasteiger partial charge in [0.15, 0.2) is 0 Å². The van der Waals surface area contributed by atoms with Crippen LogP contribution >= 0.6 is 15.9 Å². The first kappa shape index (κ1) is 16.0. The lowest BCUT2D eigenvalue weighted by Gasteiger charge is -2.15. The molecule has 1 aromatic rings. The van der Waals surface area contributed by atoms with Crippen LogP contribution in [0.3, 0.4) is 0 Å². The summed E-state index contributed by atoms with van der Waals surface area (Å²) in [6, 6.07) is 5.62. The monoisotopic (exact) mass is 329 g/mol. The number of benzene rings is 1. The lowest BCUT2D eigenvalue weighted by atomic mass is 10.0. The van der Waals surface area contributed by atoms with Crippen LogP contribution in [0.2, 0.25) is 0 Å². The Kier molecular flexibility index (Phi) is 6.31. The summed E-state index contributed by atoms with van der Waals surface area (Å²) >= 11 is 3.38. The summed E-state index contributed by atoms with van der Waals surface area (Å²) in [5.74, 6) is 0.641. The van der Waals surface area contributed by atoms with E-state index in [1.807, 2.05) is 32.0 Å². The summed E-state index contributed by atoms with van der Waals surface area (Å²) in [5.41, 5.74) is 0.893. The number of methoxy groups -OCH3 is 1. The fourth-order valence-corrected chi connectivity index (χ4v) is 1.99. The molecule has 1 atom stereocenters. The predicted molar refractivity (Wildman–Crippen MR) is 78.0 cm³/mol. The highest BCUT2D eigenvalue weighted by atomic mass is 79.9. The molecule has 0 spiro atoms. The summed E-state index contributed by atoms with van der Waals surface area (Å²) in [6.07, 6.45) is -0.488. The minimum atomic E-state index is -0.607. The highest BCUT2D eigenvalue weighted by Crippen LogP contribution is 2.22. The second-order valence-electron chi connectivity index (χ2n) is 4.75. The smallest absolute Gasteiger partial charge is 0.222 e. The van der Waals surface area contributed by atoms with Gasteiger partial charge >= 0.3 is 0 Å². The Balaban J connectivity index is 2.57. The van der Waals surface area contributed by atoms with Crippen LogP contribution < -0.4 is 10.1 Å². The van der Waals surface area contributed by atoms with Crippen molar-refractivity contribution in [1.29, 1.82) is 0 Å². The summed E-state index contributed by atoms with van der Waals surface area (Å²) in [7, 11) is 1.59. The molecule has 0 aliphatic heterocycles. The van der Waals surface area contributed by atoms with E-state index in [0.29, 0.717) is 6.54 Å². The highest BCUT2D eigenvalue weighted by Gasteiger charge is 2.14. The second-order valence-corrected chi connectivity index (χ2v) is 5.66. The molecule has 0 bridgehead atoms. The molecule has 0 aliphatic carbocycles. The van der Waals surface area contributed by atoms with E-state index >= 15 is 0 Å². The number of ether oxygens (including phenoxy) is 1. The molecule has 1 amide bonds. The minimum absolute atomic E-state index is 0.0751. The van der Waals surface area contributed by atoms with Gasteiger partial charge in [-0.25, -0.2) is 0 Å². The molecule has 0 fully saturated rings. The van der Waals surface area contributed by atoms with Crippen molar-refractivity contribution in [1.82, 2.24) is 5.32 Å². The van der Waals surface area contributed by atoms with Crippen molar-refractivity contribution in [2.45, 2.75) is 32.9 Å². The Morgan fingerprint density at radius 1 is 1.47 bits per heavy atom. The number of aliphatic hydroxyl groups is 1. The van der Waals surface area contributed by atoms with Crippen molar-refractivity contribution in [3.63, 3.8) is 0 Å². The molecule has 1 rings (SSSR count). The van der Waals surface area contributed by atoms with Gasteiger partial charge in [0.1, 0.15) is 5.75 Å². The van der Waals surface area contributed by atoms with Crippen LogP contribution in [-0.4, -0.2) is 24.2 Å². The molecule has 0 saturated heterocycles. The van der Waals surface area contributed by atoms with Crippen molar-refractivity contribution < 1.29 is 14.6 Å². The van der Waals surface area contributed by atoms with Crippen LogP contribution in [0.25, 0.3) is 0 Å². The molecule has 0 saturated carbocycles. The zero-order valence-corrected chi connectivity index (χ0v) is 13.0. The van der Waals surface area contributed by atoms with Crippen LogP contribution in [0, 0.1) is 5.92 Å². The molecule has 1 aromatic carbocycles. The first-order valence-electron chi connectivity index (χ1n) is 6.21. The van der Waals surface area contributed by atoms with Crippen molar-refractivity contribution in [2.24, 2.45) is 5.92 Å². The van der Waals surface area contributed by atoms with E-state index in [1.165, 1.54) is 0 Å². The predicted octanol–water partition coefficient (Wildman–Crippen LogP) is 2.48. The lowest BCUT2D eigenvalue weighted by molar-refractivity contribution is -0.123. The quantitative estimate of drug-likeness (QED) is 0.842. The molecule has 5 heteroatoms. The first-order chi connectivity index (χ1) is 8.93. The summed E-state index contributed by atoms with van der Waals surface area (Å²) in [6.45, 7) is 4.15. The number of hydrogen-bond donors (Lipinski definition) is 2. The molecule has 4 nitrogen and oxygen atoms in total. The van der Waals surface area contributed by atoms with Crippen molar-refractivity contribution in [3.8, 4) is 5.75 Å². The van der Waals surface area contributed by atoms with Crippen LogP contribution in [-0.2, 0) is 11.3 Å². The van der Waals surface area contributed by atoms with Gasteiger partial charge in [0.2, 0.25) is 5.91 Å². The standard InChI is InChI=1S/C14H20BrNO3/c1-9(2)12(17)7-14(18)16-8-10-6-11(15)4-5-13(10)19-3/h4-6,9,12,17H,7-8H2,1-3H3,(H,16,18). The number of carbonyl (C=O) groups excluding carboxylic acids is 1. The van der Waals surface area contributed by atoms with Gasteiger partial charge in [-0.15, -0.1) is 0 Å². The number of carbonyl (C=O) groups is 1. The number of halogens is 1. The Bertz CT molecular complexity index is 435. The number of rotatable bonds is 6. The average Bonchev–Trinajstić information content (AvgIpc) is 2.36. The molecular formula is C14H20BrNO3. The van der Waals surface area contributed by atoms with Crippen molar-refractivity contribution >= 4 is 21.8 Å². The van der Waals surface area contributed by atoms with E-state index in [4.69, 9.17) is 4.74 Å². The molecule has 1 unspecified atom stereocenters. The van der Waals surface area contributed by atoms with Gasteiger partial charge in [0, 0.05) is 16.6 Å². The van der Waals surface area contributed by atoms with E-state index in [0.717, 1.165) is 15.8 Å². The molecule has 0 aromatic heterocycles. The van der Waals surface area contributed by atoms with Crippen LogP contribution in [0.15, 0.2) is 22.7 Å². The van der Waals surface area contributed by atoms with Gasteiger partial charge in [0.05, 0.1) is 19.6 Å². The van der Waals surface area contributed by atoms with Gasteiger partial charge in [-0.2, -0.15) is 0 Å². The zero-order valence-electron chi connectivity index (χ0n) is 11.4. The summed E-state index contributed by atoms with van der Waals surface area (Å²) in [4.78, 5) is 11.7. The zero-order chi connectivity index (χ0) is 14.4. The number of aliphatic hydroxyl groups excluding tert-OH is 1. The number of hydrogen-bond acceptors (Lipinski definition) is 3. The molecular weight excluding hydrogens is 310 g/mol. The Morgan fingerprint density at radius 3 is 2.74 bits per heavy atom. The van der Waals surface area contributed by atoms with E-state index in [2.05, 4.69) is 21.2 Å². The van der Waals surface area contributed by atoms with Gasteiger partial charge in [-0.1, -0.05) is 29.8 Å². The fraction of sp³-hybridized carbons (Fsp3) is 0.500. The SMILES string of the molecule is COc1ccc(Br)cc1CNC(=O)CC(O)C(C)C. The van der Waals surface area contributed by atoms with Gasteiger partial charge in [-0.05, 0) is 24.1 Å². The third-order valence-electron chi connectivity index (χ3n) is 2.88. The minimum Gasteiger partial charge on any atom is -0.496 e. The van der Waals surface area contributed by atoms with Crippen molar-refractivity contribution in [3.05, 3.63) is 28.2 Å². The summed E-state index contributed by atoms with van der Waals surface area (Å²) < 4.78 is 6.16. The maximum Gasteiger partial charge on any atom is 0.222 e. The van der Waals surface area contributed by atoms with E-state index in [-0.39, 0.29) is 18.2 Å². The van der Waals surface area contributed by atoms with E-state index < -0.39 is 6.10 Å². The highest BCUT2D eigenvalue weighted by molar-refractivity contribution is 9.10. The van der Waals surface area contributed by atoms with Crippen molar-refractivity contribution in [2.75, 3.05) is 7.11 Å². The molecule has 0 aliphatic rings. The second kappa shape index (κ2) is 7.50. The average molecular weight is 330 g/mol. The summed E-state index contributed by atoms with van der Waals surface area (Å²) in [5, 5.41) is 12.4. The molecule has 2 N–H and O–H groups in total. The van der Waals surface area contributed by atoms with E-state index in [1.54, 1.807) is 7.11 Å². The first-order valence-corrected chi connectivity index (χ1v) is 7.00. The lowest BCUT2D eigenvalue weighted by Crippen LogP contribution is -2.29. The third-order valence-corrected chi connectivity index (χ3v) is 3.38. The molecule has 19 heavy (non-hydrogen) atoms. The Hall–Kier alpha value is -1.07. The van der Waals surface area contributed by atoms with Crippen LogP contribution in [0.5, 0.6) is 5.75 Å². The van der Waals surface area contributed by atoms with Crippen LogP contribution in [0.4, 0.5) is 0 Å². The van der Waals surface area contributed by atoms with Gasteiger partial charge < -0.3 is 15.2 Å². The van der Waals surface area contributed by atoms with Crippen LogP contribution in [0.1, 0.15) is 25.8 Å². The molecule has 0 radical (unpaired) electrons. The normalized spacial score (nSPS) is 12.3. The maximum atomic E-state index is 11.7. The molecule has 0 heterocycles. The Morgan fingerprint density at radius 2 is 2.16 bits per heavy atom. The topological polar surface area (TPSA) is 58.6 Å². The third kappa shape index (κ3) is 5.20. The van der Waals surface area contributed by atoms with Gasteiger partial charge in [-0.3, -0.25) is 4.79 Å².